The fourth-order valence-corrected chi connectivity index (χ4v) is 2.72. The highest BCUT2D eigenvalue weighted by atomic mass is 16.6. The number of nitrogens with zero attached hydrogens (tertiary/aromatic N) is 5. The largest absolute Gasteiger partial charge is 0.369 e. The molecule has 0 bridgehead atoms. The van der Waals surface area contributed by atoms with Crippen molar-refractivity contribution in [3.05, 3.63) is 34.4 Å². The van der Waals surface area contributed by atoms with Crippen molar-refractivity contribution in [3.63, 3.8) is 0 Å². The molecule has 0 aliphatic carbocycles. The van der Waals surface area contributed by atoms with Crippen LogP contribution in [0.25, 0.3) is 0 Å². The van der Waals surface area contributed by atoms with Crippen LogP contribution in [0.5, 0.6) is 0 Å². The predicted octanol–water partition coefficient (Wildman–Crippen LogP) is 2.16. The van der Waals surface area contributed by atoms with Crippen LogP contribution >= 0.6 is 0 Å². The minimum absolute atomic E-state index is 0.0967. The van der Waals surface area contributed by atoms with Crippen LogP contribution in [0.2, 0.25) is 0 Å². The lowest BCUT2D eigenvalue weighted by Crippen LogP contribution is -2.47. The minimum atomic E-state index is -0.398. The molecule has 1 aromatic rings. The molecule has 0 radical (unpaired) electrons. The van der Waals surface area contributed by atoms with Crippen molar-refractivity contribution in [3.8, 4) is 12.1 Å². The standard InChI is InChI=1S/C16H19N5O2/c17-7-1-2-14(12-18)13-19-8-10-20(11-9-19)15-3-5-16(6-4-15)21(22)23/h3-6,14H,1-2,8-11,13H2/t14-/m0/s1. The maximum Gasteiger partial charge on any atom is 0.269 e. The van der Waals surface area contributed by atoms with Crippen LogP contribution in [-0.2, 0) is 0 Å². The quantitative estimate of drug-likeness (QED) is 0.589. The Morgan fingerprint density at radius 1 is 1.17 bits per heavy atom. The molecule has 1 atom stereocenters. The Morgan fingerprint density at radius 2 is 1.83 bits per heavy atom. The van der Waals surface area contributed by atoms with Crippen LogP contribution in [0.15, 0.2) is 24.3 Å². The van der Waals surface area contributed by atoms with E-state index in [1.54, 1.807) is 12.1 Å². The number of nitro benzene ring substituents is 1. The Kier molecular flexibility index (Phi) is 5.90. The van der Waals surface area contributed by atoms with Crippen LogP contribution in [-0.4, -0.2) is 42.5 Å². The molecular formula is C16H19N5O2. The van der Waals surface area contributed by atoms with Crippen LogP contribution in [0, 0.1) is 38.7 Å². The normalized spacial score (nSPS) is 16.3. The zero-order chi connectivity index (χ0) is 16.7. The Labute approximate surface area is 135 Å². The van der Waals surface area contributed by atoms with E-state index in [0.717, 1.165) is 31.9 Å². The van der Waals surface area contributed by atoms with Crippen molar-refractivity contribution >= 4 is 11.4 Å². The van der Waals surface area contributed by atoms with Gasteiger partial charge < -0.3 is 4.90 Å². The van der Waals surface area contributed by atoms with E-state index < -0.39 is 4.92 Å². The molecule has 1 aliphatic heterocycles. The third kappa shape index (κ3) is 4.67. The van der Waals surface area contributed by atoms with Gasteiger partial charge in [0, 0.05) is 57.0 Å². The van der Waals surface area contributed by atoms with Gasteiger partial charge in [0.1, 0.15) is 0 Å². The number of hydrogen-bond acceptors (Lipinski definition) is 6. The second-order valence-corrected chi connectivity index (χ2v) is 5.58. The molecular weight excluding hydrogens is 294 g/mol. The maximum atomic E-state index is 10.7. The van der Waals surface area contributed by atoms with Gasteiger partial charge in [-0.05, 0) is 18.6 Å². The number of piperazine rings is 1. The first-order valence-corrected chi connectivity index (χ1v) is 7.62. The van der Waals surface area contributed by atoms with Gasteiger partial charge in [-0.2, -0.15) is 10.5 Å². The first-order chi connectivity index (χ1) is 11.1. The van der Waals surface area contributed by atoms with Crippen LogP contribution in [0.1, 0.15) is 12.8 Å². The number of benzene rings is 1. The summed E-state index contributed by atoms with van der Waals surface area (Å²) in [6.45, 7) is 4.05. The van der Waals surface area contributed by atoms with Gasteiger partial charge in [-0.1, -0.05) is 0 Å². The molecule has 23 heavy (non-hydrogen) atoms. The molecule has 1 saturated heterocycles. The Bertz CT molecular complexity index is 609. The fourth-order valence-electron chi connectivity index (χ4n) is 2.72. The van der Waals surface area contributed by atoms with Crippen molar-refractivity contribution in [2.45, 2.75) is 12.8 Å². The first kappa shape index (κ1) is 16.7. The van der Waals surface area contributed by atoms with E-state index in [-0.39, 0.29) is 11.6 Å². The van der Waals surface area contributed by atoms with E-state index in [9.17, 15) is 10.1 Å². The summed E-state index contributed by atoms with van der Waals surface area (Å²) in [6, 6.07) is 11.0. The van der Waals surface area contributed by atoms with Crippen molar-refractivity contribution < 1.29 is 4.92 Å². The van der Waals surface area contributed by atoms with Crippen molar-refractivity contribution in [1.82, 2.24) is 4.90 Å². The number of nitro groups is 1. The van der Waals surface area contributed by atoms with Crippen LogP contribution in [0.3, 0.4) is 0 Å². The van der Waals surface area contributed by atoms with Gasteiger partial charge in [-0.3, -0.25) is 15.0 Å². The van der Waals surface area contributed by atoms with Crippen molar-refractivity contribution in [1.29, 1.82) is 10.5 Å². The first-order valence-electron chi connectivity index (χ1n) is 7.62. The summed E-state index contributed by atoms with van der Waals surface area (Å²) in [5.74, 6) is -0.0967. The molecule has 1 fully saturated rings. The highest BCUT2D eigenvalue weighted by Gasteiger charge is 2.20. The van der Waals surface area contributed by atoms with E-state index in [1.807, 2.05) is 0 Å². The Morgan fingerprint density at radius 3 is 2.35 bits per heavy atom. The van der Waals surface area contributed by atoms with Gasteiger partial charge in [-0.25, -0.2) is 0 Å². The Hall–Kier alpha value is -2.64. The summed E-state index contributed by atoms with van der Waals surface area (Å²) in [7, 11) is 0. The minimum Gasteiger partial charge on any atom is -0.369 e. The SMILES string of the molecule is N#CCC[C@@H](C#N)CN1CCN(c2ccc([N+](=O)[O-])cc2)CC1. The molecule has 0 unspecified atom stereocenters. The summed E-state index contributed by atoms with van der Waals surface area (Å²) < 4.78 is 0. The van der Waals surface area contributed by atoms with E-state index in [1.165, 1.54) is 12.1 Å². The van der Waals surface area contributed by atoms with Crippen molar-refractivity contribution in [2.75, 3.05) is 37.6 Å². The predicted molar refractivity (Wildman–Crippen MR) is 85.7 cm³/mol. The number of anilines is 1. The monoisotopic (exact) mass is 313 g/mol. The highest BCUT2D eigenvalue weighted by molar-refractivity contribution is 5.51. The van der Waals surface area contributed by atoms with E-state index in [0.29, 0.717) is 19.4 Å². The van der Waals surface area contributed by atoms with E-state index >= 15 is 0 Å². The highest BCUT2D eigenvalue weighted by Crippen LogP contribution is 2.21. The fraction of sp³-hybridized carbons (Fsp3) is 0.500. The topological polar surface area (TPSA) is 97.2 Å². The maximum absolute atomic E-state index is 10.7. The average molecular weight is 313 g/mol. The third-order valence-corrected chi connectivity index (χ3v) is 4.06. The molecule has 7 nitrogen and oxygen atoms in total. The summed E-state index contributed by atoms with van der Waals surface area (Å²) in [6.07, 6.45) is 1.04. The molecule has 7 heteroatoms. The summed E-state index contributed by atoms with van der Waals surface area (Å²) in [5.41, 5.74) is 1.08. The molecule has 0 saturated carbocycles. The molecule has 2 rings (SSSR count). The molecule has 1 aromatic carbocycles. The second-order valence-electron chi connectivity index (χ2n) is 5.58. The zero-order valence-corrected chi connectivity index (χ0v) is 12.9. The Balaban J connectivity index is 1.85. The molecule has 120 valence electrons. The van der Waals surface area contributed by atoms with E-state index in [2.05, 4.69) is 21.9 Å². The molecule has 1 heterocycles. The van der Waals surface area contributed by atoms with Gasteiger partial charge >= 0.3 is 0 Å². The molecule has 0 N–H and O–H groups in total. The summed E-state index contributed by atoms with van der Waals surface area (Å²) >= 11 is 0. The van der Waals surface area contributed by atoms with Gasteiger partial charge in [0.2, 0.25) is 0 Å². The van der Waals surface area contributed by atoms with Gasteiger partial charge in [0.25, 0.3) is 5.69 Å². The number of non-ortho nitro benzene ring substituents is 1. The van der Waals surface area contributed by atoms with Gasteiger partial charge in [0.15, 0.2) is 0 Å². The summed E-state index contributed by atoms with van der Waals surface area (Å²) in [5, 5.41) is 28.4. The van der Waals surface area contributed by atoms with Crippen LogP contribution in [0.4, 0.5) is 11.4 Å². The number of rotatable bonds is 6. The lowest BCUT2D eigenvalue weighted by atomic mass is 10.0. The smallest absolute Gasteiger partial charge is 0.269 e. The molecule has 1 aliphatic rings. The molecule has 0 aromatic heterocycles. The lowest BCUT2D eigenvalue weighted by Gasteiger charge is -2.36. The summed E-state index contributed by atoms with van der Waals surface area (Å²) in [4.78, 5) is 14.7. The van der Waals surface area contributed by atoms with Crippen LogP contribution < -0.4 is 4.90 Å². The zero-order valence-electron chi connectivity index (χ0n) is 12.9. The number of hydrogen-bond donors (Lipinski definition) is 0. The lowest BCUT2D eigenvalue weighted by molar-refractivity contribution is -0.384. The van der Waals surface area contributed by atoms with Gasteiger partial charge in [0.05, 0.1) is 23.0 Å². The van der Waals surface area contributed by atoms with Gasteiger partial charge in [-0.15, -0.1) is 0 Å². The van der Waals surface area contributed by atoms with Crippen molar-refractivity contribution in [2.24, 2.45) is 5.92 Å². The second kappa shape index (κ2) is 8.11. The number of nitriles is 2. The third-order valence-electron chi connectivity index (χ3n) is 4.06. The molecule has 0 amide bonds. The average Bonchev–Trinajstić information content (AvgIpc) is 2.59. The van der Waals surface area contributed by atoms with E-state index in [4.69, 9.17) is 10.5 Å². The molecule has 0 spiro atoms.